The topological polar surface area (TPSA) is 40.1 Å². The second-order valence-corrected chi connectivity index (χ2v) is 6.45. The Labute approximate surface area is 118 Å². The molecule has 1 unspecified atom stereocenters. The molecule has 1 atom stereocenters. The van der Waals surface area contributed by atoms with Crippen molar-refractivity contribution in [2.45, 2.75) is 44.2 Å². The van der Waals surface area contributed by atoms with Gasteiger partial charge in [-0.3, -0.25) is 9.47 Å². The minimum Gasteiger partial charge on any atom is -0.339 e. The molecule has 3 fully saturated rings. The summed E-state index contributed by atoms with van der Waals surface area (Å²) in [7, 11) is 0. The van der Waals surface area contributed by atoms with E-state index in [9.17, 15) is 0 Å². The standard InChI is InChI=1S/C13H21N5S/c19-13-15-14-12(18(13)10-4-5-10)17-8-2-7-16-6-1-3-11(16)9-17/h10-11H,1-9H2,(H,15,19). The number of nitrogens with one attached hydrogen (secondary N) is 1. The van der Waals surface area contributed by atoms with Crippen LogP contribution in [0, 0.1) is 4.77 Å². The largest absolute Gasteiger partial charge is 0.339 e. The molecule has 1 aliphatic carbocycles. The molecule has 0 radical (unpaired) electrons. The molecule has 2 aliphatic heterocycles. The Morgan fingerprint density at radius 3 is 2.74 bits per heavy atom. The zero-order valence-corrected chi connectivity index (χ0v) is 12.0. The van der Waals surface area contributed by atoms with E-state index in [1.807, 2.05) is 0 Å². The number of anilines is 1. The predicted molar refractivity (Wildman–Crippen MR) is 77.1 cm³/mol. The zero-order valence-electron chi connectivity index (χ0n) is 11.2. The summed E-state index contributed by atoms with van der Waals surface area (Å²) in [5.41, 5.74) is 0. The van der Waals surface area contributed by atoms with Gasteiger partial charge in [-0.2, -0.15) is 0 Å². The highest BCUT2D eigenvalue weighted by molar-refractivity contribution is 7.71. The Morgan fingerprint density at radius 2 is 1.89 bits per heavy atom. The molecule has 1 saturated carbocycles. The first kappa shape index (κ1) is 11.9. The van der Waals surface area contributed by atoms with E-state index in [2.05, 4.69) is 24.6 Å². The van der Waals surface area contributed by atoms with Crippen LogP contribution in [0.25, 0.3) is 0 Å². The van der Waals surface area contributed by atoms with E-state index >= 15 is 0 Å². The molecule has 104 valence electrons. The number of fused-ring (bicyclic) bond motifs is 1. The molecule has 1 N–H and O–H groups in total. The van der Waals surface area contributed by atoms with Gasteiger partial charge in [-0.1, -0.05) is 0 Å². The lowest BCUT2D eigenvalue weighted by Gasteiger charge is -2.26. The summed E-state index contributed by atoms with van der Waals surface area (Å²) < 4.78 is 3.05. The average molecular weight is 279 g/mol. The van der Waals surface area contributed by atoms with Gasteiger partial charge >= 0.3 is 0 Å². The molecule has 0 aromatic carbocycles. The summed E-state index contributed by atoms with van der Waals surface area (Å²) >= 11 is 5.39. The van der Waals surface area contributed by atoms with Crippen molar-refractivity contribution in [2.24, 2.45) is 0 Å². The van der Waals surface area contributed by atoms with Crippen LogP contribution in [0.1, 0.15) is 38.1 Å². The average Bonchev–Trinajstić information content (AvgIpc) is 3.09. The quantitative estimate of drug-likeness (QED) is 0.840. The summed E-state index contributed by atoms with van der Waals surface area (Å²) in [5.74, 6) is 1.08. The van der Waals surface area contributed by atoms with Gasteiger partial charge in [-0.25, -0.2) is 5.10 Å². The SMILES string of the molecule is S=c1[nH]nc(N2CCCN3CCCC3C2)n1C1CC1. The highest BCUT2D eigenvalue weighted by Crippen LogP contribution is 2.38. The lowest BCUT2D eigenvalue weighted by Crippen LogP contribution is -2.37. The van der Waals surface area contributed by atoms with Crippen LogP contribution in [-0.2, 0) is 0 Å². The van der Waals surface area contributed by atoms with Crippen molar-refractivity contribution in [3.8, 4) is 0 Å². The van der Waals surface area contributed by atoms with Crippen molar-refractivity contribution in [1.82, 2.24) is 19.7 Å². The maximum Gasteiger partial charge on any atom is 0.226 e. The molecule has 0 amide bonds. The smallest absolute Gasteiger partial charge is 0.226 e. The molecule has 6 heteroatoms. The number of H-pyrrole nitrogens is 1. The molecule has 0 bridgehead atoms. The summed E-state index contributed by atoms with van der Waals surface area (Å²) in [4.78, 5) is 5.11. The van der Waals surface area contributed by atoms with Crippen LogP contribution in [0.15, 0.2) is 0 Å². The van der Waals surface area contributed by atoms with Crippen molar-refractivity contribution < 1.29 is 0 Å². The Hall–Kier alpha value is -0.880. The van der Waals surface area contributed by atoms with Crippen molar-refractivity contribution in [1.29, 1.82) is 0 Å². The number of hydrogen-bond acceptors (Lipinski definition) is 4. The fourth-order valence-corrected chi connectivity index (χ4v) is 3.85. The monoisotopic (exact) mass is 279 g/mol. The molecule has 1 aromatic rings. The molecule has 0 spiro atoms. The maximum atomic E-state index is 5.39. The molecule has 19 heavy (non-hydrogen) atoms. The van der Waals surface area contributed by atoms with Crippen LogP contribution in [0.3, 0.4) is 0 Å². The summed E-state index contributed by atoms with van der Waals surface area (Å²) in [6.07, 6.45) is 6.44. The molecule has 3 heterocycles. The second-order valence-electron chi connectivity index (χ2n) is 6.06. The summed E-state index contributed by atoms with van der Waals surface area (Å²) in [5, 5.41) is 7.51. The van der Waals surface area contributed by atoms with E-state index in [0.29, 0.717) is 6.04 Å². The molecule has 1 aromatic heterocycles. The van der Waals surface area contributed by atoms with Crippen LogP contribution in [0.2, 0.25) is 0 Å². The number of hydrogen-bond donors (Lipinski definition) is 1. The fraction of sp³-hybridized carbons (Fsp3) is 0.846. The van der Waals surface area contributed by atoms with Gasteiger partial charge in [0.2, 0.25) is 5.95 Å². The van der Waals surface area contributed by atoms with E-state index in [1.54, 1.807) is 0 Å². The third-order valence-electron chi connectivity index (χ3n) is 4.68. The molecular weight excluding hydrogens is 258 g/mol. The third kappa shape index (κ3) is 2.10. The zero-order chi connectivity index (χ0) is 12.8. The molecule has 3 aliphatic rings. The van der Waals surface area contributed by atoms with Gasteiger partial charge in [-0.05, 0) is 50.9 Å². The summed E-state index contributed by atoms with van der Waals surface area (Å²) in [6, 6.07) is 1.32. The van der Waals surface area contributed by atoms with Gasteiger partial charge in [0.1, 0.15) is 0 Å². The van der Waals surface area contributed by atoms with Gasteiger partial charge in [0.25, 0.3) is 0 Å². The Morgan fingerprint density at radius 1 is 1.05 bits per heavy atom. The Kier molecular flexibility index (Phi) is 2.88. The Balaban J connectivity index is 1.62. The van der Waals surface area contributed by atoms with Crippen LogP contribution in [0.4, 0.5) is 5.95 Å². The van der Waals surface area contributed by atoms with Crippen molar-refractivity contribution >= 4 is 18.2 Å². The molecular formula is C13H21N5S. The minimum atomic E-state index is 0.601. The predicted octanol–water partition coefficient (Wildman–Crippen LogP) is 1.95. The number of aromatic amines is 1. The van der Waals surface area contributed by atoms with Gasteiger partial charge in [0, 0.05) is 31.7 Å². The van der Waals surface area contributed by atoms with Crippen molar-refractivity contribution in [2.75, 3.05) is 31.1 Å². The first-order chi connectivity index (χ1) is 9.33. The van der Waals surface area contributed by atoms with Gasteiger partial charge < -0.3 is 4.90 Å². The van der Waals surface area contributed by atoms with E-state index in [1.165, 1.54) is 45.2 Å². The van der Waals surface area contributed by atoms with Crippen LogP contribution >= 0.6 is 12.2 Å². The minimum absolute atomic E-state index is 0.601. The van der Waals surface area contributed by atoms with E-state index in [0.717, 1.165) is 29.9 Å². The lowest BCUT2D eigenvalue weighted by molar-refractivity contribution is 0.273. The van der Waals surface area contributed by atoms with Gasteiger partial charge in [-0.15, -0.1) is 5.10 Å². The molecule has 4 rings (SSSR count). The van der Waals surface area contributed by atoms with Crippen LogP contribution < -0.4 is 4.90 Å². The number of rotatable bonds is 2. The fourth-order valence-electron chi connectivity index (χ4n) is 3.57. The second kappa shape index (κ2) is 4.59. The van der Waals surface area contributed by atoms with Crippen molar-refractivity contribution in [3.63, 3.8) is 0 Å². The highest BCUT2D eigenvalue weighted by atomic mass is 32.1. The van der Waals surface area contributed by atoms with Gasteiger partial charge in [0.15, 0.2) is 4.77 Å². The Bertz CT molecular complexity index is 517. The van der Waals surface area contributed by atoms with Crippen LogP contribution in [-0.4, -0.2) is 51.9 Å². The first-order valence-electron chi connectivity index (χ1n) is 7.49. The van der Waals surface area contributed by atoms with Gasteiger partial charge in [0.05, 0.1) is 0 Å². The molecule has 2 saturated heterocycles. The first-order valence-corrected chi connectivity index (χ1v) is 7.89. The van der Waals surface area contributed by atoms with Crippen LogP contribution in [0.5, 0.6) is 0 Å². The number of aromatic nitrogens is 3. The van der Waals surface area contributed by atoms with E-state index in [4.69, 9.17) is 12.2 Å². The number of nitrogens with zero attached hydrogens (tertiary/aromatic N) is 4. The van der Waals surface area contributed by atoms with E-state index in [-0.39, 0.29) is 0 Å². The van der Waals surface area contributed by atoms with Crippen molar-refractivity contribution in [3.05, 3.63) is 4.77 Å². The third-order valence-corrected chi connectivity index (χ3v) is 4.97. The summed E-state index contributed by atoms with van der Waals surface area (Å²) in [6.45, 7) is 4.76. The van der Waals surface area contributed by atoms with E-state index < -0.39 is 0 Å². The molecule has 5 nitrogen and oxygen atoms in total. The lowest BCUT2D eigenvalue weighted by atomic mass is 10.2. The maximum absolute atomic E-state index is 5.39. The highest BCUT2D eigenvalue weighted by Gasteiger charge is 2.33. The normalized spacial score (nSPS) is 28.4.